The summed E-state index contributed by atoms with van der Waals surface area (Å²) in [5, 5.41) is 9.92. The molecule has 144 valence electrons. The summed E-state index contributed by atoms with van der Waals surface area (Å²) in [7, 11) is 0. The Morgan fingerprint density at radius 3 is 1.52 bits per heavy atom. The number of carboxylic acid groups (broad SMARTS) is 1. The summed E-state index contributed by atoms with van der Waals surface area (Å²) in [6.45, 7) is 18.8. The minimum Gasteiger partial charge on any atom is -0.481 e. The first-order chi connectivity index (χ1) is 11.1. The second-order valence-corrected chi connectivity index (χ2v) is 11.3. The van der Waals surface area contributed by atoms with Gasteiger partial charge >= 0.3 is 11.9 Å². The highest BCUT2D eigenvalue weighted by molar-refractivity contribution is 5.83. The van der Waals surface area contributed by atoms with E-state index >= 15 is 0 Å². The van der Waals surface area contributed by atoms with Crippen LogP contribution < -0.4 is 0 Å². The van der Waals surface area contributed by atoms with Crippen LogP contribution >= 0.6 is 0 Å². The molecule has 0 radical (unpaired) electrons. The summed E-state index contributed by atoms with van der Waals surface area (Å²) >= 11 is 0. The number of aliphatic carboxylic acids is 1. The van der Waals surface area contributed by atoms with E-state index in [4.69, 9.17) is 4.74 Å². The fourth-order valence-corrected chi connectivity index (χ4v) is 5.80. The molecule has 0 aromatic rings. The first-order valence-electron chi connectivity index (χ1n) is 9.51. The molecule has 2 fully saturated rings. The molecular weight excluding hydrogens is 316 g/mol. The molecule has 0 aromatic carbocycles. The Morgan fingerprint density at radius 2 is 1.20 bits per heavy atom. The van der Waals surface area contributed by atoms with Crippen molar-refractivity contribution in [1.29, 1.82) is 0 Å². The molecule has 2 saturated carbocycles. The van der Waals surface area contributed by atoms with Gasteiger partial charge in [0.05, 0.1) is 11.8 Å². The number of rotatable bonds is 2. The lowest BCUT2D eigenvalue weighted by molar-refractivity contribution is -0.175. The van der Waals surface area contributed by atoms with Crippen LogP contribution in [0.3, 0.4) is 0 Å². The van der Waals surface area contributed by atoms with Gasteiger partial charge in [0.25, 0.3) is 0 Å². The van der Waals surface area contributed by atoms with Crippen LogP contribution in [0.25, 0.3) is 0 Å². The van der Waals surface area contributed by atoms with E-state index in [2.05, 4.69) is 41.5 Å². The highest BCUT2D eigenvalue weighted by atomic mass is 16.6. The van der Waals surface area contributed by atoms with Crippen LogP contribution in [0.15, 0.2) is 0 Å². The third-order valence-corrected chi connectivity index (χ3v) is 6.13. The molecule has 0 spiro atoms. The fraction of sp³-hybridized carbons (Fsp3) is 0.905. The van der Waals surface area contributed by atoms with Gasteiger partial charge in [-0.05, 0) is 61.7 Å². The van der Waals surface area contributed by atoms with Gasteiger partial charge in [0.2, 0.25) is 0 Å². The predicted octanol–water partition coefficient (Wildman–Crippen LogP) is 4.62. The number of carbonyl (C=O) groups excluding carboxylic acids is 1. The predicted molar refractivity (Wildman–Crippen MR) is 97.9 cm³/mol. The van der Waals surface area contributed by atoms with E-state index in [9.17, 15) is 14.7 Å². The highest BCUT2D eigenvalue weighted by Gasteiger charge is 2.66. The third kappa shape index (κ3) is 3.73. The highest BCUT2D eigenvalue weighted by Crippen LogP contribution is 2.66. The molecule has 0 heterocycles. The molecule has 2 rings (SSSR count). The largest absolute Gasteiger partial charge is 0.481 e. The van der Waals surface area contributed by atoms with Crippen LogP contribution in [0.1, 0.15) is 68.7 Å². The van der Waals surface area contributed by atoms with E-state index in [0.717, 1.165) is 6.42 Å². The molecule has 2 bridgehead atoms. The van der Waals surface area contributed by atoms with Crippen molar-refractivity contribution in [2.24, 2.45) is 46.3 Å². The summed E-state index contributed by atoms with van der Waals surface area (Å²) in [4.78, 5) is 25.0. The quantitative estimate of drug-likeness (QED) is 0.737. The number of carbonyl (C=O) groups is 2. The van der Waals surface area contributed by atoms with Gasteiger partial charge in [0, 0.05) is 0 Å². The summed E-state index contributed by atoms with van der Waals surface area (Å²) in [6, 6.07) is 0. The van der Waals surface area contributed by atoms with Crippen LogP contribution in [-0.4, -0.2) is 22.6 Å². The van der Waals surface area contributed by atoms with Crippen molar-refractivity contribution in [3.63, 3.8) is 0 Å². The Bertz CT molecular complexity index is 544. The lowest BCUT2D eigenvalue weighted by Crippen LogP contribution is -2.50. The molecule has 2 aliphatic rings. The monoisotopic (exact) mass is 352 g/mol. The normalized spacial score (nSPS) is 35.7. The van der Waals surface area contributed by atoms with E-state index in [1.807, 2.05) is 20.8 Å². The number of hydrogen-bond acceptors (Lipinski definition) is 3. The van der Waals surface area contributed by atoms with Gasteiger partial charge in [-0.2, -0.15) is 0 Å². The van der Waals surface area contributed by atoms with E-state index in [1.54, 1.807) is 0 Å². The van der Waals surface area contributed by atoms with Crippen LogP contribution in [0, 0.1) is 46.3 Å². The zero-order valence-corrected chi connectivity index (χ0v) is 17.3. The molecule has 1 N–H and O–H groups in total. The SMILES string of the molecule is CC(C)(C)OC(=O)C1C2CC(C1C(=O)O)C(C(C)(C)C)C2C(C)(C)C. The zero-order valence-electron chi connectivity index (χ0n) is 17.3. The van der Waals surface area contributed by atoms with Crippen molar-refractivity contribution in [3.05, 3.63) is 0 Å². The zero-order chi connectivity index (χ0) is 19.5. The molecule has 0 aromatic heterocycles. The molecule has 0 saturated heterocycles. The number of carboxylic acids is 1. The van der Waals surface area contributed by atoms with Crippen molar-refractivity contribution < 1.29 is 19.4 Å². The van der Waals surface area contributed by atoms with Gasteiger partial charge in [0.15, 0.2) is 0 Å². The topological polar surface area (TPSA) is 63.6 Å². The van der Waals surface area contributed by atoms with Crippen molar-refractivity contribution >= 4 is 11.9 Å². The standard InChI is InChI=1S/C21H36O4/c1-19(2,3)15-11-10-12(16(15)20(4,5)6)14(13(11)17(22)23)18(24)25-21(7,8)9/h11-16H,10H2,1-9H3,(H,22,23). The van der Waals surface area contributed by atoms with Crippen LogP contribution in [0.4, 0.5) is 0 Å². The second kappa shape index (κ2) is 5.99. The average Bonchev–Trinajstić information content (AvgIpc) is 2.88. The van der Waals surface area contributed by atoms with Gasteiger partial charge in [0.1, 0.15) is 5.60 Å². The molecule has 4 nitrogen and oxygen atoms in total. The van der Waals surface area contributed by atoms with Gasteiger partial charge in [-0.1, -0.05) is 41.5 Å². The molecule has 0 amide bonds. The lowest BCUT2D eigenvalue weighted by atomic mass is 9.54. The summed E-state index contributed by atoms with van der Waals surface area (Å²) in [5.41, 5.74) is -0.548. The summed E-state index contributed by atoms with van der Waals surface area (Å²) in [5.74, 6) is -1.55. The smallest absolute Gasteiger partial charge is 0.310 e. The van der Waals surface area contributed by atoms with Crippen molar-refractivity contribution in [1.82, 2.24) is 0 Å². The van der Waals surface area contributed by atoms with Crippen LogP contribution in [0.2, 0.25) is 0 Å². The Morgan fingerprint density at radius 1 is 0.800 bits per heavy atom. The Balaban J connectivity index is 2.47. The molecule has 25 heavy (non-hydrogen) atoms. The van der Waals surface area contributed by atoms with Crippen molar-refractivity contribution in [2.45, 2.75) is 74.3 Å². The van der Waals surface area contributed by atoms with Gasteiger partial charge in [-0.15, -0.1) is 0 Å². The molecule has 6 unspecified atom stereocenters. The number of esters is 1. The number of fused-ring (bicyclic) bond motifs is 2. The van der Waals surface area contributed by atoms with Gasteiger partial charge in [-0.3, -0.25) is 9.59 Å². The molecule has 4 heteroatoms. The Kier molecular flexibility index (Phi) is 4.85. The second-order valence-electron chi connectivity index (χ2n) is 11.3. The van der Waals surface area contributed by atoms with Gasteiger partial charge < -0.3 is 9.84 Å². The maximum atomic E-state index is 12.9. The maximum absolute atomic E-state index is 12.9. The minimum absolute atomic E-state index is 0.0178. The van der Waals surface area contributed by atoms with E-state index in [-0.39, 0.29) is 28.6 Å². The Labute approximate surface area is 152 Å². The van der Waals surface area contributed by atoms with Gasteiger partial charge in [-0.25, -0.2) is 0 Å². The van der Waals surface area contributed by atoms with Crippen molar-refractivity contribution in [2.75, 3.05) is 0 Å². The molecule has 0 aliphatic heterocycles. The van der Waals surface area contributed by atoms with Crippen LogP contribution in [-0.2, 0) is 14.3 Å². The summed E-state index contributed by atoms with van der Waals surface area (Å²) < 4.78 is 5.63. The molecule has 6 atom stereocenters. The first kappa shape index (κ1) is 20.3. The maximum Gasteiger partial charge on any atom is 0.310 e. The first-order valence-corrected chi connectivity index (χ1v) is 9.51. The fourth-order valence-electron chi connectivity index (χ4n) is 5.80. The number of hydrogen-bond donors (Lipinski definition) is 1. The van der Waals surface area contributed by atoms with E-state index in [0.29, 0.717) is 11.8 Å². The third-order valence-electron chi connectivity index (χ3n) is 6.13. The van der Waals surface area contributed by atoms with E-state index in [1.165, 1.54) is 0 Å². The number of ether oxygens (including phenoxy) is 1. The molecule has 2 aliphatic carbocycles. The Hall–Kier alpha value is -1.06. The van der Waals surface area contributed by atoms with Crippen LogP contribution in [0.5, 0.6) is 0 Å². The molecular formula is C21H36O4. The summed E-state index contributed by atoms with van der Waals surface area (Å²) in [6.07, 6.45) is 0.824. The lowest BCUT2D eigenvalue weighted by Gasteiger charge is -2.50. The minimum atomic E-state index is -0.843. The van der Waals surface area contributed by atoms with E-state index < -0.39 is 23.4 Å². The van der Waals surface area contributed by atoms with Crippen molar-refractivity contribution in [3.8, 4) is 0 Å². The average molecular weight is 353 g/mol.